The Hall–Kier alpha value is -3.98. The third kappa shape index (κ3) is 5.65. The highest BCUT2D eigenvalue weighted by Gasteiger charge is 2.48. The van der Waals surface area contributed by atoms with Crippen LogP contribution in [-0.2, 0) is 4.74 Å². The number of ether oxygens (including phenoxy) is 2. The van der Waals surface area contributed by atoms with Crippen molar-refractivity contribution in [2.24, 2.45) is 0 Å². The zero-order chi connectivity index (χ0) is 28.7. The van der Waals surface area contributed by atoms with Crippen molar-refractivity contribution in [1.29, 1.82) is 5.26 Å². The molecule has 212 valence electrons. The highest BCUT2D eigenvalue weighted by atomic mass is 19.1. The van der Waals surface area contributed by atoms with E-state index in [4.69, 9.17) is 9.47 Å². The van der Waals surface area contributed by atoms with Crippen molar-refractivity contribution in [3.63, 3.8) is 0 Å². The number of amides is 1. The average molecular weight is 551 g/mol. The molecule has 0 aromatic carbocycles. The lowest BCUT2D eigenvalue weighted by molar-refractivity contribution is -0.0686. The molecule has 3 aromatic heterocycles. The van der Waals surface area contributed by atoms with E-state index in [9.17, 15) is 10.1 Å². The number of rotatable bonds is 6. The Morgan fingerprint density at radius 3 is 2.52 bits per heavy atom. The van der Waals surface area contributed by atoms with E-state index in [2.05, 4.69) is 38.3 Å². The topological polar surface area (TPSA) is 121 Å². The van der Waals surface area contributed by atoms with Gasteiger partial charge in [0.1, 0.15) is 29.8 Å². The molecule has 0 aliphatic carbocycles. The van der Waals surface area contributed by atoms with E-state index < -0.39 is 17.4 Å². The molecular formula is C28H35FN8O3. The summed E-state index contributed by atoms with van der Waals surface area (Å²) in [5, 5.41) is 17.3. The molecule has 5 rings (SSSR count). The summed E-state index contributed by atoms with van der Waals surface area (Å²) in [6, 6.07) is 3.88. The minimum absolute atomic E-state index is 0.117. The highest BCUT2D eigenvalue weighted by Crippen LogP contribution is 2.33. The fourth-order valence-electron chi connectivity index (χ4n) is 4.95. The number of fused-ring (bicyclic) bond motifs is 1. The molecule has 2 aliphatic heterocycles. The van der Waals surface area contributed by atoms with E-state index in [1.165, 1.54) is 15.6 Å². The summed E-state index contributed by atoms with van der Waals surface area (Å²) in [5.41, 5.74) is -0.141. The van der Waals surface area contributed by atoms with Crippen LogP contribution >= 0.6 is 0 Å². The SMILES string of the molecule is CNC1(C)CCN(c2cnc(-c3cc(OCC4(F)CN(C(=O)OC(C)(C)C)C4)cn4ncc(C#N)c34)cn2)CC1. The molecule has 11 nitrogen and oxygen atoms in total. The number of carbonyl (C=O) groups is 1. The van der Waals surface area contributed by atoms with Crippen LogP contribution in [0.5, 0.6) is 5.75 Å². The Labute approximate surface area is 232 Å². The Morgan fingerprint density at radius 2 is 1.93 bits per heavy atom. The molecule has 1 amide bonds. The van der Waals surface area contributed by atoms with Gasteiger partial charge in [0.05, 0.1) is 54.7 Å². The number of hydrogen-bond donors (Lipinski definition) is 1. The fourth-order valence-corrected chi connectivity index (χ4v) is 4.95. The summed E-state index contributed by atoms with van der Waals surface area (Å²) in [5.74, 6) is 1.15. The van der Waals surface area contributed by atoms with Gasteiger partial charge in [0.25, 0.3) is 0 Å². The van der Waals surface area contributed by atoms with Crippen molar-refractivity contribution in [2.75, 3.05) is 44.7 Å². The first-order valence-corrected chi connectivity index (χ1v) is 13.4. The van der Waals surface area contributed by atoms with Crippen LogP contribution in [0.2, 0.25) is 0 Å². The number of pyridine rings is 1. The Bertz CT molecular complexity index is 1430. The molecule has 0 saturated carbocycles. The van der Waals surface area contributed by atoms with E-state index in [1.807, 2.05) is 7.05 Å². The molecule has 12 heteroatoms. The van der Waals surface area contributed by atoms with Gasteiger partial charge in [-0.05, 0) is 53.7 Å². The molecule has 0 radical (unpaired) electrons. The number of nitrogens with one attached hydrogen (secondary N) is 1. The van der Waals surface area contributed by atoms with Crippen LogP contribution in [-0.4, -0.2) is 87.2 Å². The van der Waals surface area contributed by atoms with E-state index >= 15 is 4.39 Å². The zero-order valence-electron chi connectivity index (χ0n) is 23.6. The molecule has 40 heavy (non-hydrogen) atoms. The number of hydrogen-bond acceptors (Lipinski definition) is 9. The highest BCUT2D eigenvalue weighted by molar-refractivity contribution is 5.83. The van der Waals surface area contributed by atoms with Gasteiger partial charge < -0.3 is 24.6 Å². The largest absolute Gasteiger partial charge is 0.488 e. The van der Waals surface area contributed by atoms with Crippen molar-refractivity contribution in [1.82, 2.24) is 29.8 Å². The Balaban J connectivity index is 1.32. The first-order valence-electron chi connectivity index (χ1n) is 13.4. The van der Waals surface area contributed by atoms with Crippen molar-refractivity contribution >= 4 is 17.4 Å². The Kier molecular flexibility index (Phi) is 7.04. The lowest BCUT2D eigenvalue weighted by atomic mass is 9.90. The van der Waals surface area contributed by atoms with Gasteiger partial charge in [-0.15, -0.1) is 0 Å². The maximum atomic E-state index is 15.3. The number of halogens is 1. The predicted octanol–water partition coefficient (Wildman–Crippen LogP) is 3.58. The number of piperidine rings is 1. The van der Waals surface area contributed by atoms with Crippen molar-refractivity contribution < 1.29 is 18.7 Å². The summed E-state index contributed by atoms with van der Waals surface area (Å²) in [6.45, 7) is 8.78. The predicted molar refractivity (Wildman–Crippen MR) is 147 cm³/mol. The maximum absolute atomic E-state index is 15.3. The van der Waals surface area contributed by atoms with Gasteiger partial charge in [0.15, 0.2) is 5.67 Å². The summed E-state index contributed by atoms with van der Waals surface area (Å²) in [6.07, 6.45) is 7.93. The number of aromatic nitrogens is 4. The third-order valence-corrected chi connectivity index (χ3v) is 7.51. The second kappa shape index (κ2) is 10.2. The zero-order valence-corrected chi connectivity index (χ0v) is 23.6. The summed E-state index contributed by atoms with van der Waals surface area (Å²) in [4.78, 5) is 25.0. The number of anilines is 1. The summed E-state index contributed by atoms with van der Waals surface area (Å²) >= 11 is 0. The third-order valence-electron chi connectivity index (χ3n) is 7.51. The van der Waals surface area contributed by atoms with E-state index in [1.54, 1.807) is 45.4 Å². The first kappa shape index (κ1) is 27.6. The maximum Gasteiger partial charge on any atom is 0.410 e. The standard InChI is InChI=1S/C28H35FN8O3/c1-26(2,3)40-25(38)36-16-28(29,17-36)18-39-20-10-21(24-19(11-30)12-34-37(24)15-20)22-13-33-23(14-32-22)35-8-6-27(4,31-5)7-9-35/h10,12-15,31H,6-9,16-18H2,1-5H3. The lowest BCUT2D eigenvalue weighted by Gasteiger charge is -2.43. The number of nitrogens with zero attached hydrogens (tertiary/aromatic N) is 7. The smallest absolute Gasteiger partial charge is 0.410 e. The number of likely N-dealkylation sites (tertiary alicyclic amines) is 1. The molecule has 0 spiro atoms. The minimum Gasteiger partial charge on any atom is -0.488 e. The van der Waals surface area contributed by atoms with E-state index in [0.29, 0.717) is 28.1 Å². The molecule has 0 atom stereocenters. The number of carbonyl (C=O) groups excluding carboxylic acids is 1. The molecule has 2 aliphatic rings. The van der Waals surface area contributed by atoms with Crippen molar-refractivity contribution in [3.8, 4) is 23.1 Å². The van der Waals surface area contributed by atoms with E-state index in [0.717, 1.165) is 31.7 Å². The van der Waals surface area contributed by atoms with Crippen molar-refractivity contribution in [2.45, 2.75) is 57.3 Å². The quantitative estimate of drug-likeness (QED) is 0.491. The Morgan fingerprint density at radius 1 is 1.20 bits per heavy atom. The fraction of sp³-hybridized carbons (Fsp3) is 0.536. The summed E-state index contributed by atoms with van der Waals surface area (Å²) in [7, 11) is 1.99. The molecular weight excluding hydrogens is 515 g/mol. The molecule has 0 unspecified atom stereocenters. The van der Waals surface area contributed by atoms with Crippen LogP contribution < -0.4 is 15.0 Å². The second-order valence-electron chi connectivity index (χ2n) is 11.9. The molecule has 2 fully saturated rings. The normalized spacial score (nSPS) is 18.2. The van der Waals surface area contributed by atoms with E-state index in [-0.39, 0.29) is 25.2 Å². The van der Waals surface area contributed by atoms with Gasteiger partial charge >= 0.3 is 6.09 Å². The van der Waals surface area contributed by atoms with Gasteiger partial charge in [0.2, 0.25) is 0 Å². The van der Waals surface area contributed by atoms with Gasteiger partial charge in [0, 0.05) is 24.2 Å². The number of alkyl halides is 1. The average Bonchev–Trinajstić information content (AvgIpc) is 3.33. The first-order chi connectivity index (χ1) is 18.9. The number of nitriles is 1. The minimum atomic E-state index is -1.70. The lowest BCUT2D eigenvalue weighted by Crippen LogP contribution is -2.64. The van der Waals surface area contributed by atoms with Crippen LogP contribution in [0.25, 0.3) is 16.8 Å². The molecule has 1 N–H and O–H groups in total. The van der Waals surface area contributed by atoms with Gasteiger partial charge in [-0.25, -0.2) is 18.7 Å². The van der Waals surface area contributed by atoms with Gasteiger partial charge in [-0.3, -0.25) is 4.98 Å². The van der Waals surface area contributed by atoms with Crippen molar-refractivity contribution in [3.05, 3.63) is 36.4 Å². The molecule has 3 aromatic rings. The molecule has 5 heterocycles. The monoisotopic (exact) mass is 550 g/mol. The molecule has 0 bridgehead atoms. The van der Waals surface area contributed by atoms with Crippen LogP contribution in [0, 0.1) is 11.3 Å². The molecule has 2 saturated heterocycles. The van der Waals surface area contributed by atoms with Gasteiger partial charge in [-0.1, -0.05) is 0 Å². The summed E-state index contributed by atoms with van der Waals surface area (Å²) < 4.78 is 27.9. The van der Waals surface area contributed by atoms with Gasteiger partial charge in [-0.2, -0.15) is 10.4 Å². The van der Waals surface area contributed by atoms with Crippen LogP contribution in [0.15, 0.2) is 30.9 Å². The van der Waals surface area contributed by atoms with Crippen LogP contribution in [0.4, 0.5) is 15.0 Å². The van der Waals surface area contributed by atoms with Crippen LogP contribution in [0.1, 0.15) is 46.1 Å². The van der Waals surface area contributed by atoms with Crippen LogP contribution in [0.3, 0.4) is 0 Å². The second-order valence-corrected chi connectivity index (χ2v) is 11.9.